The molecule has 1 saturated heterocycles. The quantitative estimate of drug-likeness (QED) is 0.695. The smallest absolute Gasteiger partial charge is 0.263 e. The van der Waals surface area contributed by atoms with Gasteiger partial charge >= 0.3 is 0 Å². The molecular formula is C20H30BrN5O. The minimum Gasteiger partial charge on any atom is -0.302 e. The van der Waals surface area contributed by atoms with Crippen LogP contribution in [0.4, 0.5) is 0 Å². The van der Waals surface area contributed by atoms with Gasteiger partial charge in [0.15, 0.2) is 5.65 Å². The third-order valence-corrected chi connectivity index (χ3v) is 5.93. The fraction of sp³-hybridized carbons (Fsp3) is 0.650. The molecule has 0 spiro atoms. The number of hydrogen-bond acceptors (Lipinski definition) is 5. The molecule has 1 fully saturated rings. The highest BCUT2D eigenvalue weighted by Gasteiger charge is 2.27. The van der Waals surface area contributed by atoms with Gasteiger partial charge in [-0.15, -0.1) is 0 Å². The van der Waals surface area contributed by atoms with Crippen LogP contribution in [0.5, 0.6) is 0 Å². The highest BCUT2D eigenvalue weighted by atomic mass is 79.9. The van der Waals surface area contributed by atoms with Gasteiger partial charge in [0.05, 0.1) is 11.4 Å². The highest BCUT2D eigenvalue weighted by Crippen LogP contribution is 2.26. The van der Waals surface area contributed by atoms with Crippen molar-refractivity contribution in [2.45, 2.75) is 52.6 Å². The Labute approximate surface area is 169 Å². The van der Waals surface area contributed by atoms with Gasteiger partial charge in [-0.2, -0.15) is 0 Å². The summed E-state index contributed by atoms with van der Waals surface area (Å²) in [7, 11) is 0. The molecule has 2 aromatic rings. The molecule has 1 atom stereocenters. The second kappa shape index (κ2) is 9.26. The van der Waals surface area contributed by atoms with Crippen molar-refractivity contribution in [3.05, 3.63) is 32.9 Å². The van der Waals surface area contributed by atoms with E-state index < -0.39 is 0 Å². The first-order chi connectivity index (χ1) is 13.1. The molecule has 27 heavy (non-hydrogen) atoms. The van der Waals surface area contributed by atoms with Crippen molar-refractivity contribution in [2.75, 3.05) is 32.7 Å². The molecule has 3 rings (SSSR count). The summed E-state index contributed by atoms with van der Waals surface area (Å²) in [5.74, 6) is 0.872. The molecule has 0 radical (unpaired) electrons. The first-order valence-corrected chi connectivity index (χ1v) is 10.9. The summed E-state index contributed by atoms with van der Waals surface area (Å²) < 4.78 is 2.65. The molecule has 0 saturated carbocycles. The molecule has 0 bridgehead atoms. The number of likely N-dealkylation sites (N-methyl/N-ethyl adjacent to an activating group) is 1. The Balaban J connectivity index is 2.05. The Morgan fingerprint density at radius 2 is 1.96 bits per heavy atom. The highest BCUT2D eigenvalue weighted by molar-refractivity contribution is 9.10. The summed E-state index contributed by atoms with van der Waals surface area (Å²) in [5.41, 5.74) is 0.561. The SMILES string of the molecule is CCC[C@H](c1nc2ncc(Br)cc2c(=O)n1CC)N1CCCN(CC)CC1. The molecule has 0 amide bonds. The zero-order valence-electron chi connectivity index (χ0n) is 16.6. The zero-order chi connectivity index (χ0) is 19.4. The van der Waals surface area contributed by atoms with E-state index in [0.717, 1.165) is 62.3 Å². The molecule has 0 aromatic carbocycles. The lowest BCUT2D eigenvalue weighted by Gasteiger charge is -2.31. The van der Waals surface area contributed by atoms with Gasteiger partial charge in [0, 0.05) is 36.8 Å². The van der Waals surface area contributed by atoms with Crippen LogP contribution in [0.1, 0.15) is 51.9 Å². The summed E-state index contributed by atoms with van der Waals surface area (Å²) in [6.45, 7) is 12.5. The van der Waals surface area contributed by atoms with Crippen LogP contribution in [-0.2, 0) is 6.54 Å². The zero-order valence-corrected chi connectivity index (χ0v) is 18.2. The second-order valence-electron chi connectivity index (χ2n) is 7.17. The van der Waals surface area contributed by atoms with Gasteiger partial charge < -0.3 is 4.90 Å². The van der Waals surface area contributed by atoms with Crippen LogP contribution in [0.15, 0.2) is 21.5 Å². The van der Waals surface area contributed by atoms with E-state index in [4.69, 9.17) is 4.98 Å². The van der Waals surface area contributed by atoms with Crippen LogP contribution >= 0.6 is 15.9 Å². The van der Waals surface area contributed by atoms with E-state index in [-0.39, 0.29) is 11.6 Å². The Morgan fingerprint density at radius 1 is 1.15 bits per heavy atom. The van der Waals surface area contributed by atoms with Crippen molar-refractivity contribution in [3.63, 3.8) is 0 Å². The maximum absolute atomic E-state index is 13.1. The van der Waals surface area contributed by atoms with Crippen molar-refractivity contribution >= 4 is 27.0 Å². The van der Waals surface area contributed by atoms with Crippen LogP contribution in [-0.4, -0.2) is 57.1 Å². The van der Waals surface area contributed by atoms with E-state index >= 15 is 0 Å². The molecule has 6 nitrogen and oxygen atoms in total. The molecule has 7 heteroatoms. The predicted octanol–water partition coefficient (Wildman–Crippen LogP) is 3.44. The topological polar surface area (TPSA) is 54.3 Å². The number of halogens is 1. The van der Waals surface area contributed by atoms with E-state index in [1.807, 2.05) is 17.6 Å². The fourth-order valence-electron chi connectivity index (χ4n) is 4.02. The molecule has 0 unspecified atom stereocenters. The number of nitrogens with zero attached hydrogens (tertiary/aromatic N) is 5. The minimum atomic E-state index is 0.0115. The number of rotatable bonds is 6. The van der Waals surface area contributed by atoms with E-state index in [2.05, 4.69) is 44.6 Å². The van der Waals surface area contributed by atoms with Gasteiger partial charge in [0.1, 0.15) is 5.82 Å². The van der Waals surface area contributed by atoms with Crippen molar-refractivity contribution < 1.29 is 0 Å². The van der Waals surface area contributed by atoms with Gasteiger partial charge in [-0.3, -0.25) is 14.3 Å². The third-order valence-electron chi connectivity index (χ3n) is 5.49. The summed E-state index contributed by atoms with van der Waals surface area (Å²) in [6, 6.07) is 1.99. The van der Waals surface area contributed by atoms with Crippen LogP contribution in [0.2, 0.25) is 0 Å². The van der Waals surface area contributed by atoms with Gasteiger partial charge in [0.2, 0.25) is 0 Å². The lowest BCUT2D eigenvalue weighted by Crippen LogP contribution is -2.37. The third kappa shape index (κ3) is 4.41. The van der Waals surface area contributed by atoms with Gasteiger partial charge in [0.25, 0.3) is 5.56 Å². The molecule has 3 heterocycles. The summed E-state index contributed by atoms with van der Waals surface area (Å²) in [5, 5.41) is 0.582. The standard InChI is InChI=1S/C20H30BrN5O/c1-4-8-17(25-10-7-9-24(5-2)11-12-25)19-23-18-16(13-15(21)14-22-18)20(27)26(19)6-3/h13-14,17H,4-12H2,1-3H3/t17-/m1/s1. The molecule has 0 N–H and O–H groups in total. The first-order valence-electron chi connectivity index (χ1n) is 10.1. The Bertz CT molecular complexity index is 837. The molecule has 0 aliphatic carbocycles. The van der Waals surface area contributed by atoms with Crippen LogP contribution in [0.3, 0.4) is 0 Å². The molecular weight excluding hydrogens is 406 g/mol. The molecule has 148 valence electrons. The van der Waals surface area contributed by atoms with E-state index in [1.165, 1.54) is 0 Å². The molecule has 1 aliphatic heterocycles. The predicted molar refractivity (Wildman–Crippen MR) is 113 cm³/mol. The molecule has 1 aliphatic rings. The fourth-order valence-corrected chi connectivity index (χ4v) is 4.36. The van der Waals surface area contributed by atoms with Gasteiger partial charge in [-0.25, -0.2) is 9.97 Å². The van der Waals surface area contributed by atoms with Crippen molar-refractivity contribution in [1.82, 2.24) is 24.3 Å². The van der Waals surface area contributed by atoms with Crippen LogP contribution < -0.4 is 5.56 Å². The Morgan fingerprint density at radius 3 is 2.67 bits per heavy atom. The monoisotopic (exact) mass is 435 g/mol. The maximum atomic E-state index is 13.1. The lowest BCUT2D eigenvalue weighted by molar-refractivity contribution is 0.177. The summed E-state index contributed by atoms with van der Waals surface area (Å²) in [4.78, 5) is 27.5. The Kier molecular flexibility index (Phi) is 7.00. The minimum absolute atomic E-state index is 0.0115. The largest absolute Gasteiger partial charge is 0.302 e. The number of pyridine rings is 1. The molecule has 2 aromatic heterocycles. The first kappa shape index (κ1) is 20.4. The lowest BCUT2D eigenvalue weighted by atomic mass is 10.1. The summed E-state index contributed by atoms with van der Waals surface area (Å²) in [6.07, 6.45) is 4.93. The second-order valence-corrected chi connectivity index (χ2v) is 8.09. The van der Waals surface area contributed by atoms with E-state index in [1.54, 1.807) is 6.20 Å². The van der Waals surface area contributed by atoms with E-state index in [9.17, 15) is 4.79 Å². The van der Waals surface area contributed by atoms with Gasteiger partial charge in [-0.1, -0.05) is 20.3 Å². The van der Waals surface area contributed by atoms with Crippen LogP contribution in [0.25, 0.3) is 11.0 Å². The average Bonchev–Trinajstić information content (AvgIpc) is 2.92. The maximum Gasteiger partial charge on any atom is 0.263 e. The van der Waals surface area contributed by atoms with Gasteiger partial charge in [-0.05, 0) is 54.9 Å². The van der Waals surface area contributed by atoms with Crippen molar-refractivity contribution in [2.24, 2.45) is 0 Å². The number of hydrogen-bond donors (Lipinski definition) is 0. The normalized spacial score (nSPS) is 17.9. The van der Waals surface area contributed by atoms with Crippen LogP contribution in [0, 0.1) is 0 Å². The van der Waals surface area contributed by atoms with E-state index in [0.29, 0.717) is 17.6 Å². The van der Waals surface area contributed by atoms with Crippen molar-refractivity contribution in [1.29, 1.82) is 0 Å². The number of fused-ring (bicyclic) bond motifs is 1. The number of aromatic nitrogens is 3. The average molecular weight is 436 g/mol. The van der Waals surface area contributed by atoms with Crippen molar-refractivity contribution in [3.8, 4) is 0 Å². The Hall–Kier alpha value is -1.31. The summed E-state index contributed by atoms with van der Waals surface area (Å²) >= 11 is 3.42.